The van der Waals surface area contributed by atoms with Crippen LogP contribution >= 0.6 is 23.2 Å². The van der Waals surface area contributed by atoms with Gasteiger partial charge in [-0.05, 0) is 36.8 Å². The summed E-state index contributed by atoms with van der Waals surface area (Å²) >= 11 is 11.4. The summed E-state index contributed by atoms with van der Waals surface area (Å²) in [6, 6.07) is 8.23. The van der Waals surface area contributed by atoms with E-state index in [-0.39, 0.29) is 17.5 Å². The Morgan fingerprint density at radius 1 is 1.26 bits per heavy atom. The van der Waals surface area contributed by atoms with E-state index in [0.29, 0.717) is 17.0 Å². The molecule has 0 amide bonds. The first-order valence-corrected chi connectivity index (χ1v) is 6.60. The van der Waals surface area contributed by atoms with E-state index < -0.39 is 5.82 Å². The molecule has 2 aromatic rings. The summed E-state index contributed by atoms with van der Waals surface area (Å²) in [7, 11) is 0. The third-order valence-electron chi connectivity index (χ3n) is 2.58. The van der Waals surface area contributed by atoms with Crippen LogP contribution in [0.3, 0.4) is 0 Å². The number of aromatic nitrogens is 1. The number of aryl methyl sites for hydroxylation is 1. The van der Waals surface area contributed by atoms with Crippen molar-refractivity contribution in [3.05, 3.63) is 58.1 Å². The lowest BCUT2D eigenvalue weighted by Gasteiger charge is -2.10. The number of benzene rings is 1. The van der Waals surface area contributed by atoms with E-state index in [2.05, 4.69) is 4.98 Å². The van der Waals surface area contributed by atoms with Crippen LogP contribution in [0.25, 0.3) is 0 Å². The summed E-state index contributed by atoms with van der Waals surface area (Å²) in [5.41, 5.74) is 2.25. The lowest BCUT2D eigenvalue weighted by molar-refractivity contribution is 0.301. The summed E-state index contributed by atoms with van der Waals surface area (Å²) in [6.45, 7) is 2.12. The number of rotatable bonds is 4. The van der Waals surface area contributed by atoms with Crippen molar-refractivity contribution in [3.8, 4) is 5.75 Å². The van der Waals surface area contributed by atoms with Gasteiger partial charge in [0.25, 0.3) is 0 Å². The van der Waals surface area contributed by atoms with E-state index in [1.807, 2.05) is 19.1 Å². The molecule has 0 aliphatic heterocycles. The van der Waals surface area contributed by atoms with Crippen molar-refractivity contribution >= 4 is 23.2 Å². The zero-order valence-corrected chi connectivity index (χ0v) is 11.8. The zero-order chi connectivity index (χ0) is 13.8. The van der Waals surface area contributed by atoms with Crippen LogP contribution < -0.4 is 4.74 Å². The Labute approximate surface area is 121 Å². The van der Waals surface area contributed by atoms with Gasteiger partial charge in [0.1, 0.15) is 18.2 Å². The van der Waals surface area contributed by atoms with E-state index in [1.54, 1.807) is 6.07 Å². The molecular formula is C14H12Cl2FNO. The summed E-state index contributed by atoms with van der Waals surface area (Å²) in [5.74, 6) is 0.421. The third kappa shape index (κ3) is 3.58. The predicted molar refractivity (Wildman–Crippen MR) is 74.3 cm³/mol. The van der Waals surface area contributed by atoms with Crippen LogP contribution in [-0.2, 0) is 12.5 Å². The fourth-order valence-corrected chi connectivity index (χ4v) is 1.92. The molecule has 0 bridgehead atoms. The van der Waals surface area contributed by atoms with Crippen LogP contribution in [-0.4, -0.2) is 4.98 Å². The molecule has 0 fully saturated rings. The number of hydrogen-bond acceptors (Lipinski definition) is 2. The molecule has 0 spiro atoms. The third-order valence-corrected chi connectivity index (χ3v) is 3.14. The van der Waals surface area contributed by atoms with Gasteiger partial charge in [0, 0.05) is 5.69 Å². The molecule has 100 valence electrons. The van der Waals surface area contributed by atoms with E-state index in [1.165, 1.54) is 12.1 Å². The van der Waals surface area contributed by atoms with Gasteiger partial charge in [-0.15, -0.1) is 11.6 Å². The van der Waals surface area contributed by atoms with E-state index >= 15 is 0 Å². The molecule has 1 aromatic heterocycles. The zero-order valence-electron chi connectivity index (χ0n) is 10.3. The van der Waals surface area contributed by atoms with Crippen molar-refractivity contribution < 1.29 is 9.13 Å². The highest BCUT2D eigenvalue weighted by Crippen LogP contribution is 2.21. The lowest BCUT2D eigenvalue weighted by Crippen LogP contribution is -2.00. The van der Waals surface area contributed by atoms with Crippen molar-refractivity contribution in [3.63, 3.8) is 0 Å². The number of nitrogens with zero attached hydrogens (tertiary/aromatic N) is 1. The highest BCUT2D eigenvalue weighted by atomic mass is 35.5. The van der Waals surface area contributed by atoms with Crippen LogP contribution in [0.15, 0.2) is 30.3 Å². The number of ether oxygens (including phenoxy) is 1. The van der Waals surface area contributed by atoms with Crippen LogP contribution in [0.4, 0.5) is 4.39 Å². The highest BCUT2D eigenvalue weighted by Gasteiger charge is 2.06. The molecule has 5 heteroatoms. The minimum atomic E-state index is -0.456. The Balaban J connectivity index is 2.12. The first-order valence-electron chi connectivity index (χ1n) is 5.69. The smallest absolute Gasteiger partial charge is 0.142 e. The topological polar surface area (TPSA) is 22.1 Å². The maximum Gasteiger partial charge on any atom is 0.142 e. The Kier molecular flexibility index (Phi) is 4.61. The van der Waals surface area contributed by atoms with Gasteiger partial charge in [-0.1, -0.05) is 17.7 Å². The molecule has 0 aliphatic carbocycles. The normalized spacial score (nSPS) is 10.5. The standard InChI is InChI=1S/C14H12Cl2FNO/c1-9-2-5-14(13(7-15)18-9)19-8-10-3-4-11(16)12(17)6-10/h2-6H,7-8H2,1H3. The highest BCUT2D eigenvalue weighted by molar-refractivity contribution is 6.30. The molecule has 19 heavy (non-hydrogen) atoms. The molecule has 1 aromatic carbocycles. The van der Waals surface area contributed by atoms with Crippen LogP contribution in [0.5, 0.6) is 5.75 Å². The number of hydrogen-bond donors (Lipinski definition) is 0. The molecule has 2 rings (SSSR count). The monoisotopic (exact) mass is 299 g/mol. The molecular weight excluding hydrogens is 288 g/mol. The van der Waals surface area contributed by atoms with Crippen LogP contribution in [0.1, 0.15) is 17.0 Å². The van der Waals surface area contributed by atoms with Crippen molar-refractivity contribution in [2.24, 2.45) is 0 Å². The van der Waals surface area contributed by atoms with Gasteiger partial charge in [-0.2, -0.15) is 0 Å². The second-order valence-corrected chi connectivity index (χ2v) is 4.74. The average Bonchev–Trinajstić information content (AvgIpc) is 2.41. The average molecular weight is 300 g/mol. The molecule has 0 saturated carbocycles. The quantitative estimate of drug-likeness (QED) is 0.776. The summed E-state index contributed by atoms with van der Waals surface area (Å²) in [5, 5.41) is 0.0993. The van der Waals surface area contributed by atoms with Gasteiger partial charge in [0.05, 0.1) is 16.6 Å². The molecule has 1 heterocycles. The summed E-state index contributed by atoms with van der Waals surface area (Å²) in [6.07, 6.45) is 0. The van der Waals surface area contributed by atoms with Gasteiger partial charge < -0.3 is 4.74 Å². The number of pyridine rings is 1. The van der Waals surface area contributed by atoms with Crippen molar-refractivity contribution in [1.82, 2.24) is 4.98 Å². The lowest BCUT2D eigenvalue weighted by atomic mass is 10.2. The Hall–Kier alpha value is -1.32. The van der Waals surface area contributed by atoms with E-state index in [0.717, 1.165) is 5.69 Å². The van der Waals surface area contributed by atoms with Crippen LogP contribution in [0, 0.1) is 12.7 Å². The van der Waals surface area contributed by atoms with Gasteiger partial charge in [-0.25, -0.2) is 4.39 Å². The number of alkyl halides is 1. The molecule has 2 nitrogen and oxygen atoms in total. The molecule has 0 aliphatic rings. The van der Waals surface area contributed by atoms with Gasteiger partial charge in [-0.3, -0.25) is 4.98 Å². The first-order chi connectivity index (χ1) is 9.10. The van der Waals surface area contributed by atoms with E-state index in [9.17, 15) is 4.39 Å². The second kappa shape index (κ2) is 6.22. The minimum absolute atomic E-state index is 0.0993. The van der Waals surface area contributed by atoms with Crippen LogP contribution in [0.2, 0.25) is 5.02 Å². The summed E-state index contributed by atoms with van der Waals surface area (Å²) in [4.78, 5) is 4.28. The largest absolute Gasteiger partial charge is 0.487 e. The maximum absolute atomic E-state index is 13.3. The molecule has 0 saturated heterocycles. The SMILES string of the molecule is Cc1ccc(OCc2ccc(Cl)c(F)c2)c(CCl)n1. The van der Waals surface area contributed by atoms with Crippen molar-refractivity contribution in [1.29, 1.82) is 0 Å². The fourth-order valence-electron chi connectivity index (χ4n) is 1.62. The van der Waals surface area contributed by atoms with Crippen molar-refractivity contribution in [2.75, 3.05) is 0 Å². The second-order valence-electron chi connectivity index (χ2n) is 4.07. The molecule has 0 unspecified atom stereocenters. The Morgan fingerprint density at radius 2 is 2.05 bits per heavy atom. The maximum atomic E-state index is 13.3. The first kappa shape index (κ1) is 14.1. The predicted octanol–water partition coefficient (Wildman–Crippen LogP) is 4.50. The summed E-state index contributed by atoms with van der Waals surface area (Å²) < 4.78 is 18.9. The molecule has 0 radical (unpaired) electrons. The Morgan fingerprint density at radius 3 is 2.74 bits per heavy atom. The van der Waals surface area contributed by atoms with Crippen molar-refractivity contribution in [2.45, 2.75) is 19.4 Å². The number of halogens is 3. The van der Waals surface area contributed by atoms with Gasteiger partial charge in [0.15, 0.2) is 0 Å². The molecule has 0 N–H and O–H groups in total. The fraction of sp³-hybridized carbons (Fsp3) is 0.214. The van der Waals surface area contributed by atoms with Gasteiger partial charge in [0.2, 0.25) is 0 Å². The van der Waals surface area contributed by atoms with Gasteiger partial charge >= 0.3 is 0 Å². The minimum Gasteiger partial charge on any atom is -0.487 e. The Bertz CT molecular complexity index is 590. The molecule has 0 atom stereocenters. The van der Waals surface area contributed by atoms with E-state index in [4.69, 9.17) is 27.9 Å².